The second-order valence-corrected chi connectivity index (χ2v) is 5.84. The number of pyridine rings is 1. The van der Waals surface area contributed by atoms with Gasteiger partial charge in [0.2, 0.25) is 10.0 Å². The number of hydrogen-bond donors (Lipinski definition) is 1. The number of halogens is 3. The zero-order chi connectivity index (χ0) is 15.4. The summed E-state index contributed by atoms with van der Waals surface area (Å²) in [6.45, 7) is -1.50. The van der Waals surface area contributed by atoms with E-state index in [1.165, 1.54) is 6.20 Å². The summed E-state index contributed by atoms with van der Waals surface area (Å²) in [6, 6.07) is 1.15. The van der Waals surface area contributed by atoms with Crippen molar-refractivity contribution >= 4 is 10.0 Å². The number of aromatic nitrogens is 1. The van der Waals surface area contributed by atoms with Gasteiger partial charge >= 0.3 is 6.18 Å². The van der Waals surface area contributed by atoms with E-state index < -0.39 is 22.7 Å². The summed E-state index contributed by atoms with van der Waals surface area (Å²) in [6.07, 6.45) is -2.35. The van der Waals surface area contributed by atoms with Gasteiger partial charge in [0, 0.05) is 25.0 Å². The first-order chi connectivity index (χ1) is 9.16. The molecular weight excluding hydrogens is 295 g/mol. The molecule has 0 aliphatic heterocycles. The minimum atomic E-state index is -4.62. The van der Waals surface area contributed by atoms with Crippen LogP contribution in [0.3, 0.4) is 0 Å². The van der Waals surface area contributed by atoms with Gasteiger partial charge in [-0.2, -0.15) is 17.5 Å². The SMILES string of the molecule is CN(CC(F)(F)F)S(=O)(=O)c1cncc(C#CCN)c1. The van der Waals surface area contributed by atoms with Gasteiger partial charge in [-0.25, -0.2) is 8.42 Å². The Labute approximate surface area is 114 Å². The van der Waals surface area contributed by atoms with E-state index in [1.807, 2.05) is 0 Å². The highest BCUT2D eigenvalue weighted by Crippen LogP contribution is 2.21. The van der Waals surface area contributed by atoms with Crippen LogP contribution in [0.5, 0.6) is 0 Å². The molecule has 1 aromatic heterocycles. The molecule has 0 atom stereocenters. The maximum atomic E-state index is 12.2. The Morgan fingerprint density at radius 1 is 1.40 bits per heavy atom. The van der Waals surface area contributed by atoms with Crippen LogP contribution in [0.2, 0.25) is 0 Å². The molecule has 110 valence electrons. The summed E-state index contributed by atoms with van der Waals surface area (Å²) in [7, 11) is -3.42. The second-order valence-electron chi connectivity index (χ2n) is 3.79. The van der Waals surface area contributed by atoms with Gasteiger partial charge in [-0.3, -0.25) is 4.98 Å². The van der Waals surface area contributed by atoms with Crippen LogP contribution in [-0.4, -0.2) is 44.0 Å². The van der Waals surface area contributed by atoms with E-state index in [0.29, 0.717) is 0 Å². The monoisotopic (exact) mass is 307 g/mol. The summed E-state index contributed by atoms with van der Waals surface area (Å²) in [5, 5.41) is 0. The van der Waals surface area contributed by atoms with Crippen molar-refractivity contribution < 1.29 is 21.6 Å². The molecule has 0 saturated carbocycles. The van der Waals surface area contributed by atoms with Gasteiger partial charge in [0.1, 0.15) is 11.4 Å². The summed E-state index contributed by atoms with van der Waals surface area (Å²) < 4.78 is 60.8. The molecule has 0 amide bonds. The maximum Gasteiger partial charge on any atom is 0.402 e. The first-order valence-electron chi connectivity index (χ1n) is 5.34. The van der Waals surface area contributed by atoms with Gasteiger partial charge in [0.05, 0.1) is 6.54 Å². The van der Waals surface area contributed by atoms with Crippen LogP contribution in [0.15, 0.2) is 23.4 Å². The van der Waals surface area contributed by atoms with Gasteiger partial charge in [0.25, 0.3) is 0 Å². The lowest BCUT2D eigenvalue weighted by molar-refractivity contribution is -0.134. The van der Waals surface area contributed by atoms with Crippen molar-refractivity contribution in [2.75, 3.05) is 20.1 Å². The Morgan fingerprint density at radius 3 is 2.60 bits per heavy atom. The predicted octanol–water partition coefficient (Wildman–Crippen LogP) is 0.575. The Hall–Kier alpha value is -1.63. The molecule has 9 heteroatoms. The Kier molecular flexibility index (Phi) is 5.10. The third-order valence-corrected chi connectivity index (χ3v) is 3.93. The second kappa shape index (κ2) is 6.21. The first-order valence-corrected chi connectivity index (χ1v) is 6.78. The number of sulfonamides is 1. The van der Waals surface area contributed by atoms with Crippen LogP contribution in [0.1, 0.15) is 5.56 Å². The van der Waals surface area contributed by atoms with Crippen molar-refractivity contribution in [3.05, 3.63) is 24.0 Å². The van der Waals surface area contributed by atoms with E-state index in [0.717, 1.165) is 19.3 Å². The molecule has 2 N–H and O–H groups in total. The summed E-state index contributed by atoms with van der Waals surface area (Å²) >= 11 is 0. The molecular formula is C11H12F3N3O2S. The van der Waals surface area contributed by atoms with Crippen molar-refractivity contribution in [3.8, 4) is 11.8 Å². The van der Waals surface area contributed by atoms with Crippen LogP contribution in [-0.2, 0) is 10.0 Å². The van der Waals surface area contributed by atoms with E-state index in [2.05, 4.69) is 16.8 Å². The first kappa shape index (κ1) is 16.4. The number of rotatable bonds is 3. The lowest BCUT2D eigenvalue weighted by Crippen LogP contribution is -2.35. The average Bonchev–Trinajstić information content (AvgIpc) is 2.34. The van der Waals surface area contributed by atoms with Crippen molar-refractivity contribution in [2.45, 2.75) is 11.1 Å². The van der Waals surface area contributed by atoms with E-state index in [-0.39, 0.29) is 21.3 Å². The molecule has 1 heterocycles. The molecule has 0 unspecified atom stereocenters. The van der Waals surface area contributed by atoms with Crippen molar-refractivity contribution in [2.24, 2.45) is 5.73 Å². The lowest BCUT2D eigenvalue weighted by Gasteiger charge is -2.18. The van der Waals surface area contributed by atoms with Crippen LogP contribution in [0.4, 0.5) is 13.2 Å². The fraction of sp³-hybridized carbons (Fsp3) is 0.364. The smallest absolute Gasteiger partial charge is 0.320 e. The Balaban J connectivity index is 3.10. The third-order valence-electron chi connectivity index (χ3n) is 2.16. The molecule has 0 saturated heterocycles. The van der Waals surface area contributed by atoms with Crippen molar-refractivity contribution in [1.82, 2.24) is 9.29 Å². The normalized spacial score (nSPS) is 12.1. The molecule has 1 rings (SSSR count). The standard InChI is InChI=1S/C11H12F3N3O2S/c1-17(8-11(12,13)14)20(18,19)10-5-9(3-2-4-15)6-16-7-10/h5-7H,4,8,15H2,1H3. The minimum absolute atomic E-state index is 0.0744. The molecule has 0 aromatic carbocycles. The van der Waals surface area contributed by atoms with Crippen LogP contribution >= 0.6 is 0 Å². The molecule has 5 nitrogen and oxygen atoms in total. The maximum absolute atomic E-state index is 12.2. The quantitative estimate of drug-likeness (QED) is 0.829. The highest BCUT2D eigenvalue weighted by Gasteiger charge is 2.34. The fourth-order valence-electron chi connectivity index (χ4n) is 1.30. The summed E-state index contributed by atoms with van der Waals surface area (Å²) in [5.74, 6) is 5.06. The zero-order valence-electron chi connectivity index (χ0n) is 10.5. The largest absolute Gasteiger partial charge is 0.402 e. The third kappa shape index (κ3) is 4.48. The Morgan fingerprint density at radius 2 is 2.05 bits per heavy atom. The van der Waals surface area contributed by atoms with Gasteiger partial charge < -0.3 is 5.73 Å². The fourth-order valence-corrected chi connectivity index (χ4v) is 2.44. The summed E-state index contributed by atoms with van der Waals surface area (Å²) in [4.78, 5) is 3.30. The predicted molar refractivity (Wildman–Crippen MR) is 66.0 cm³/mol. The number of nitrogens with two attached hydrogens (primary N) is 1. The van der Waals surface area contributed by atoms with Gasteiger partial charge in [-0.1, -0.05) is 11.8 Å². The number of hydrogen-bond acceptors (Lipinski definition) is 4. The van der Waals surface area contributed by atoms with Gasteiger partial charge in [-0.05, 0) is 6.07 Å². The molecule has 0 fully saturated rings. The van der Waals surface area contributed by atoms with E-state index in [9.17, 15) is 21.6 Å². The molecule has 0 bridgehead atoms. The molecule has 20 heavy (non-hydrogen) atoms. The highest BCUT2D eigenvalue weighted by molar-refractivity contribution is 7.89. The average molecular weight is 307 g/mol. The van der Waals surface area contributed by atoms with Crippen molar-refractivity contribution in [3.63, 3.8) is 0 Å². The van der Waals surface area contributed by atoms with Crippen LogP contribution in [0.25, 0.3) is 0 Å². The highest BCUT2D eigenvalue weighted by atomic mass is 32.2. The van der Waals surface area contributed by atoms with E-state index in [4.69, 9.17) is 5.73 Å². The Bertz CT molecular complexity index is 632. The zero-order valence-corrected chi connectivity index (χ0v) is 11.3. The minimum Gasteiger partial charge on any atom is -0.320 e. The molecule has 0 aliphatic rings. The topological polar surface area (TPSA) is 76.3 Å². The molecule has 0 aliphatic carbocycles. The van der Waals surface area contributed by atoms with Crippen molar-refractivity contribution in [1.29, 1.82) is 0 Å². The van der Waals surface area contributed by atoms with Gasteiger partial charge in [0.15, 0.2) is 0 Å². The number of nitrogens with zero attached hydrogens (tertiary/aromatic N) is 2. The molecule has 0 spiro atoms. The summed E-state index contributed by atoms with van der Waals surface area (Å²) in [5.41, 5.74) is 5.43. The van der Waals surface area contributed by atoms with E-state index in [1.54, 1.807) is 0 Å². The van der Waals surface area contributed by atoms with Crippen LogP contribution < -0.4 is 5.73 Å². The lowest BCUT2D eigenvalue weighted by atomic mass is 10.3. The van der Waals surface area contributed by atoms with Crippen LogP contribution in [0, 0.1) is 11.8 Å². The molecule has 0 radical (unpaired) electrons. The number of alkyl halides is 3. The van der Waals surface area contributed by atoms with Gasteiger partial charge in [-0.15, -0.1) is 0 Å². The molecule has 1 aromatic rings. The van der Waals surface area contributed by atoms with E-state index >= 15 is 0 Å².